The van der Waals surface area contributed by atoms with Crippen LogP contribution in [0.5, 0.6) is 5.75 Å². The number of sulfonamides is 1. The molecule has 9 heteroatoms. The number of amides is 1. The monoisotopic (exact) mass is 486 g/mol. The van der Waals surface area contributed by atoms with Crippen LogP contribution >= 0.6 is 23.2 Å². The Labute approximate surface area is 194 Å². The lowest BCUT2D eigenvalue weighted by atomic mass is 9.86. The fraction of sp³-hybridized carbons (Fsp3) is 0.409. The van der Waals surface area contributed by atoms with Crippen molar-refractivity contribution in [1.82, 2.24) is 5.32 Å². The Morgan fingerprint density at radius 2 is 1.77 bits per heavy atom. The smallest absolute Gasteiger partial charge is 0.243 e. The van der Waals surface area contributed by atoms with Crippen molar-refractivity contribution in [1.29, 1.82) is 0 Å². The van der Waals surface area contributed by atoms with Gasteiger partial charge in [0.05, 0.1) is 28.5 Å². The van der Waals surface area contributed by atoms with Gasteiger partial charge in [-0.25, -0.2) is 8.42 Å². The molecule has 1 amide bonds. The van der Waals surface area contributed by atoms with E-state index in [1.54, 1.807) is 0 Å². The number of nitrogens with one attached hydrogen (secondary N) is 1. The highest BCUT2D eigenvalue weighted by atomic mass is 35.5. The lowest BCUT2D eigenvalue weighted by molar-refractivity contribution is -0.121. The van der Waals surface area contributed by atoms with Gasteiger partial charge in [0.15, 0.2) is 0 Å². The van der Waals surface area contributed by atoms with E-state index in [2.05, 4.69) is 26.1 Å². The first kappa shape index (κ1) is 25.3. The first-order valence-corrected chi connectivity index (χ1v) is 12.4. The highest BCUT2D eigenvalue weighted by molar-refractivity contribution is 7.92. The topological polar surface area (TPSA) is 75.7 Å². The summed E-state index contributed by atoms with van der Waals surface area (Å²) in [6.07, 6.45) is 1.03. The summed E-state index contributed by atoms with van der Waals surface area (Å²) >= 11 is 11.9. The van der Waals surface area contributed by atoms with E-state index in [1.807, 2.05) is 24.3 Å². The molecule has 170 valence electrons. The van der Waals surface area contributed by atoms with Gasteiger partial charge in [0, 0.05) is 0 Å². The normalized spacial score (nSPS) is 12.9. The van der Waals surface area contributed by atoms with E-state index in [4.69, 9.17) is 27.9 Å². The van der Waals surface area contributed by atoms with Gasteiger partial charge in [0.1, 0.15) is 18.4 Å². The number of halogens is 2. The van der Waals surface area contributed by atoms with Crippen molar-refractivity contribution in [2.24, 2.45) is 0 Å². The van der Waals surface area contributed by atoms with Crippen molar-refractivity contribution in [3.63, 3.8) is 0 Å². The second kappa shape index (κ2) is 10.1. The van der Waals surface area contributed by atoms with Crippen LogP contribution < -0.4 is 14.4 Å². The highest BCUT2D eigenvalue weighted by Gasteiger charge is 2.29. The molecule has 0 radical (unpaired) electrons. The number of ether oxygens (including phenoxy) is 1. The summed E-state index contributed by atoms with van der Waals surface area (Å²) in [4.78, 5) is 12.7. The summed E-state index contributed by atoms with van der Waals surface area (Å²) in [5, 5.41) is 3.23. The van der Waals surface area contributed by atoms with Gasteiger partial charge < -0.3 is 10.1 Å². The number of hydrogen-bond donors (Lipinski definition) is 1. The van der Waals surface area contributed by atoms with Crippen molar-refractivity contribution in [2.75, 3.05) is 23.7 Å². The zero-order valence-electron chi connectivity index (χ0n) is 18.3. The van der Waals surface area contributed by atoms with Crippen LogP contribution in [-0.4, -0.2) is 39.8 Å². The Bertz CT molecular complexity index is 1040. The molecule has 0 fully saturated rings. The van der Waals surface area contributed by atoms with Crippen LogP contribution in [0.2, 0.25) is 10.0 Å². The molecule has 2 rings (SSSR count). The van der Waals surface area contributed by atoms with Crippen molar-refractivity contribution < 1.29 is 17.9 Å². The van der Waals surface area contributed by atoms with Gasteiger partial charge in [-0.05, 0) is 42.2 Å². The number of para-hydroxylation sites is 1. The molecular formula is C22H28Cl2N2O4S. The van der Waals surface area contributed by atoms with Gasteiger partial charge in [-0.2, -0.15) is 0 Å². The number of benzene rings is 2. The minimum absolute atomic E-state index is 0.0792. The molecule has 0 bridgehead atoms. The first-order valence-electron chi connectivity index (χ1n) is 9.77. The SMILES string of the molecule is C[C@H](C(=O)NCCOc1ccccc1C(C)(C)C)N(c1ccc(Cl)c(Cl)c1)S(C)(=O)=O. The van der Waals surface area contributed by atoms with Crippen LogP contribution in [-0.2, 0) is 20.2 Å². The Morgan fingerprint density at radius 1 is 1.13 bits per heavy atom. The highest BCUT2D eigenvalue weighted by Crippen LogP contribution is 2.31. The number of nitrogens with zero attached hydrogens (tertiary/aromatic N) is 1. The van der Waals surface area contributed by atoms with E-state index in [1.165, 1.54) is 25.1 Å². The molecule has 0 spiro atoms. The lowest BCUT2D eigenvalue weighted by Gasteiger charge is -2.28. The second-order valence-corrected chi connectivity index (χ2v) is 10.9. The molecule has 2 aromatic rings. The Balaban J connectivity index is 2.05. The summed E-state index contributed by atoms with van der Waals surface area (Å²) in [5.41, 5.74) is 1.25. The Kier molecular flexibility index (Phi) is 8.25. The minimum Gasteiger partial charge on any atom is -0.491 e. The van der Waals surface area contributed by atoms with Gasteiger partial charge in [-0.1, -0.05) is 62.2 Å². The fourth-order valence-corrected chi connectivity index (χ4v) is 4.58. The van der Waals surface area contributed by atoms with Gasteiger partial charge in [0.2, 0.25) is 15.9 Å². The first-order chi connectivity index (χ1) is 14.3. The van der Waals surface area contributed by atoms with Crippen LogP contribution in [0.3, 0.4) is 0 Å². The van der Waals surface area contributed by atoms with Crippen molar-refractivity contribution >= 4 is 44.8 Å². The van der Waals surface area contributed by atoms with Gasteiger partial charge in [-0.3, -0.25) is 9.10 Å². The minimum atomic E-state index is -3.75. The zero-order chi connectivity index (χ0) is 23.4. The zero-order valence-corrected chi connectivity index (χ0v) is 20.6. The molecule has 1 atom stereocenters. The number of carbonyl (C=O) groups excluding carboxylic acids is 1. The molecule has 0 saturated carbocycles. The van der Waals surface area contributed by atoms with Gasteiger partial charge in [0.25, 0.3) is 0 Å². The average molecular weight is 487 g/mol. The largest absolute Gasteiger partial charge is 0.491 e. The molecule has 2 aromatic carbocycles. The molecule has 0 aromatic heterocycles. The maximum Gasteiger partial charge on any atom is 0.243 e. The van der Waals surface area contributed by atoms with Crippen LogP contribution in [0, 0.1) is 0 Å². The quantitative estimate of drug-likeness (QED) is 0.551. The number of rotatable bonds is 8. The Hall–Kier alpha value is -1.96. The predicted octanol–water partition coefficient (Wildman–Crippen LogP) is 4.64. The van der Waals surface area contributed by atoms with E-state index in [-0.39, 0.29) is 29.3 Å². The van der Waals surface area contributed by atoms with E-state index in [9.17, 15) is 13.2 Å². The molecule has 0 heterocycles. The molecule has 31 heavy (non-hydrogen) atoms. The fourth-order valence-electron chi connectivity index (χ4n) is 3.13. The van der Waals surface area contributed by atoms with Crippen LogP contribution in [0.15, 0.2) is 42.5 Å². The summed E-state index contributed by atoms with van der Waals surface area (Å²) < 4.78 is 31.6. The molecule has 0 aliphatic carbocycles. The predicted molar refractivity (Wildman–Crippen MR) is 127 cm³/mol. The number of carbonyl (C=O) groups is 1. The maximum atomic E-state index is 12.7. The molecule has 6 nitrogen and oxygen atoms in total. The maximum absolute atomic E-state index is 12.7. The number of anilines is 1. The van der Waals surface area contributed by atoms with E-state index in [0.29, 0.717) is 5.02 Å². The third kappa shape index (κ3) is 6.76. The van der Waals surface area contributed by atoms with Crippen molar-refractivity contribution in [3.8, 4) is 5.75 Å². The molecular weight excluding hydrogens is 459 g/mol. The Morgan fingerprint density at radius 3 is 2.35 bits per heavy atom. The standard InChI is InChI=1S/C22H28Cl2N2O4S/c1-15(26(31(5,28)29)16-10-11-18(23)19(24)14-16)21(27)25-12-13-30-20-9-7-6-8-17(20)22(2,3)4/h6-11,14-15H,12-13H2,1-5H3,(H,25,27)/t15-/m1/s1. The molecule has 1 N–H and O–H groups in total. The molecule has 0 aliphatic heterocycles. The van der Waals surface area contributed by atoms with E-state index in [0.717, 1.165) is 21.9 Å². The van der Waals surface area contributed by atoms with E-state index < -0.39 is 22.0 Å². The van der Waals surface area contributed by atoms with Crippen LogP contribution in [0.1, 0.15) is 33.3 Å². The summed E-state index contributed by atoms with van der Waals surface area (Å²) in [6.45, 7) is 8.27. The van der Waals surface area contributed by atoms with Crippen molar-refractivity contribution in [3.05, 3.63) is 58.1 Å². The molecule has 0 unspecified atom stereocenters. The molecule has 0 saturated heterocycles. The number of hydrogen-bond acceptors (Lipinski definition) is 4. The van der Waals surface area contributed by atoms with E-state index >= 15 is 0 Å². The lowest BCUT2D eigenvalue weighted by Crippen LogP contribution is -2.48. The van der Waals surface area contributed by atoms with Gasteiger partial charge in [-0.15, -0.1) is 0 Å². The van der Waals surface area contributed by atoms with Crippen LogP contribution in [0.4, 0.5) is 5.69 Å². The summed E-state index contributed by atoms with van der Waals surface area (Å²) in [7, 11) is -3.75. The van der Waals surface area contributed by atoms with Crippen LogP contribution in [0.25, 0.3) is 0 Å². The third-order valence-electron chi connectivity index (χ3n) is 4.60. The summed E-state index contributed by atoms with van der Waals surface area (Å²) in [5.74, 6) is 0.301. The van der Waals surface area contributed by atoms with Gasteiger partial charge >= 0.3 is 0 Å². The van der Waals surface area contributed by atoms with Crippen molar-refractivity contribution in [2.45, 2.75) is 39.2 Å². The third-order valence-corrected chi connectivity index (χ3v) is 6.58. The summed E-state index contributed by atoms with van der Waals surface area (Å²) in [6, 6.07) is 11.2. The molecule has 0 aliphatic rings. The second-order valence-electron chi connectivity index (χ2n) is 8.22. The average Bonchev–Trinajstić information content (AvgIpc) is 2.66.